The van der Waals surface area contributed by atoms with E-state index in [0.29, 0.717) is 58.6 Å². The molecule has 2 N–H and O–H groups in total. The van der Waals surface area contributed by atoms with Crippen molar-refractivity contribution in [2.75, 3.05) is 24.6 Å². The number of anilines is 1. The van der Waals surface area contributed by atoms with Crippen LogP contribution < -0.4 is 10.2 Å². The van der Waals surface area contributed by atoms with E-state index in [4.69, 9.17) is 16.3 Å². The largest absolute Gasteiger partial charge is 0.450 e. The standard InChI is InChI=1S/C26H27ClFN3O4/c1-2-3-11-35-26(34)30-23-9-10-31(14-24(23)33)25-18-12-16(7-8-22(18)29-13-20(25)27)17-5-4-6-21(28)19(17)15-32/h4-8,12-13,15,23-24,33H,2-3,9-11,14H2,1H3,(H,30,34)/t23-,24+/m0/s1. The van der Waals surface area contributed by atoms with Crippen molar-refractivity contribution in [2.24, 2.45) is 0 Å². The maximum absolute atomic E-state index is 14.2. The summed E-state index contributed by atoms with van der Waals surface area (Å²) in [7, 11) is 0. The van der Waals surface area contributed by atoms with Crippen molar-refractivity contribution in [3.8, 4) is 11.1 Å². The first-order chi connectivity index (χ1) is 16.9. The van der Waals surface area contributed by atoms with Gasteiger partial charge in [0, 0.05) is 24.7 Å². The number of aliphatic hydroxyl groups is 1. The minimum Gasteiger partial charge on any atom is -0.450 e. The molecule has 2 atom stereocenters. The molecular weight excluding hydrogens is 473 g/mol. The summed E-state index contributed by atoms with van der Waals surface area (Å²) >= 11 is 6.57. The number of hydrogen-bond acceptors (Lipinski definition) is 6. The summed E-state index contributed by atoms with van der Waals surface area (Å²) < 4.78 is 19.4. The van der Waals surface area contributed by atoms with Gasteiger partial charge >= 0.3 is 6.09 Å². The lowest BCUT2D eigenvalue weighted by molar-refractivity contribution is 0.0954. The quantitative estimate of drug-likeness (QED) is 0.352. The number of aliphatic hydroxyl groups excluding tert-OH is 1. The summed E-state index contributed by atoms with van der Waals surface area (Å²) in [5.41, 5.74) is 2.46. The first-order valence-electron chi connectivity index (χ1n) is 11.6. The Morgan fingerprint density at radius 2 is 2.20 bits per heavy atom. The number of nitrogens with one attached hydrogen (secondary N) is 1. The van der Waals surface area contributed by atoms with Crippen molar-refractivity contribution < 1.29 is 23.8 Å². The maximum atomic E-state index is 14.2. The SMILES string of the molecule is CCCCOC(=O)N[C@H]1CCN(c2c(Cl)cnc3ccc(-c4cccc(F)c4C=O)cc23)C[C@H]1O. The maximum Gasteiger partial charge on any atom is 0.407 e. The van der Waals surface area contributed by atoms with Gasteiger partial charge in [-0.1, -0.05) is 43.1 Å². The van der Waals surface area contributed by atoms with Crippen LogP contribution in [0.15, 0.2) is 42.6 Å². The molecule has 184 valence electrons. The van der Waals surface area contributed by atoms with Gasteiger partial charge in [-0.3, -0.25) is 9.78 Å². The molecule has 9 heteroatoms. The van der Waals surface area contributed by atoms with E-state index in [1.165, 1.54) is 6.07 Å². The number of carbonyl (C=O) groups excluding carboxylic acids is 2. The van der Waals surface area contributed by atoms with Crippen LogP contribution in [0.1, 0.15) is 36.5 Å². The van der Waals surface area contributed by atoms with E-state index in [0.717, 1.165) is 12.8 Å². The summed E-state index contributed by atoms with van der Waals surface area (Å²) in [6, 6.07) is 9.45. The number of aromatic nitrogens is 1. The molecule has 1 amide bonds. The zero-order chi connectivity index (χ0) is 24.9. The number of alkyl carbamates (subject to hydrolysis) is 1. The highest BCUT2D eigenvalue weighted by Crippen LogP contribution is 2.37. The second-order valence-electron chi connectivity index (χ2n) is 8.55. The minimum absolute atomic E-state index is 0.0171. The molecule has 1 saturated heterocycles. The summed E-state index contributed by atoms with van der Waals surface area (Å²) in [4.78, 5) is 29.9. The van der Waals surface area contributed by atoms with E-state index in [2.05, 4.69) is 10.3 Å². The third-order valence-corrected chi connectivity index (χ3v) is 6.49. The number of halogens is 2. The van der Waals surface area contributed by atoms with Crippen LogP contribution in [0.2, 0.25) is 5.02 Å². The lowest BCUT2D eigenvalue weighted by Gasteiger charge is -2.38. The molecule has 0 saturated carbocycles. The van der Waals surface area contributed by atoms with Crippen molar-refractivity contribution >= 4 is 40.6 Å². The van der Waals surface area contributed by atoms with Crippen LogP contribution in [0.25, 0.3) is 22.0 Å². The number of pyridine rings is 1. The van der Waals surface area contributed by atoms with Gasteiger partial charge in [0.05, 0.1) is 40.5 Å². The van der Waals surface area contributed by atoms with Gasteiger partial charge in [0.15, 0.2) is 6.29 Å². The predicted molar refractivity (Wildman–Crippen MR) is 134 cm³/mol. The first kappa shape index (κ1) is 24.9. The van der Waals surface area contributed by atoms with Gasteiger partial charge in [-0.05, 0) is 42.2 Å². The van der Waals surface area contributed by atoms with E-state index in [1.54, 1.807) is 30.5 Å². The third-order valence-electron chi connectivity index (χ3n) is 6.21. The van der Waals surface area contributed by atoms with Gasteiger partial charge in [0.25, 0.3) is 0 Å². The van der Waals surface area contributed by atoms with Gasteiger partial charge in [0.1, 0.15) is 5.82 Å². The fourth-order valence-corrected chi connectivity index (χ4v) is 4.63. The molecule has 7 nitrogen and oxygen atoms in total. The number of benzene rings is 2. The molecule has 1 aliphatic rings. The van der Waals surface area contributed by atoms with Gasteiger partial charge in [-0.25, -0.2) is 9.18 Å². The molecule has 1 aliphatic heterocycles. The second-order valence-corrected chi connectivity index (χ2v) is 8.96. The molecule has 0 radical (unpaired) electrons. The van der Waals surface area contributed by atoms with Crippen LogP contribution in [-0.4, -0.2) is 54.3 Å². The van der Waals surface area contributed by atoms with Crippen LogP contribution in [0, 0.1) is 5.82 Å². The Morgan fingerprint density at radius 1 is 1.37 bits per heavy atom. The average Bonchev–Trinajstić information content (AvgIpc) is 2.85. The molecule has 0 bridgehead atoms. The van der Waals surface area contributed by atoms with E-state index >= 15 is 0 Å². The summed E-state index contributed by atoms with van der Waals surface area (Å²) in [5, 5.41) is 14.6. The van der Waals surface area contributed by atoms with Gasteiger partial charge in [0.2, 0.25) is 0 Å². The number of ether oxygens (including phenoxy) is 1. The molecule has 0 aliphatic carbocycles. The first-order valence-corrected chi connectivity index (χ1v) is 12.0. The van der Waals surface area contributed by atoms with Crippen molar-refractivity contribution in [3.63, 3.8) is 0 Å². The molecule has 4 rings (SSSR count). The number of amides is 1. The second kappa shape index (κ2) is 11.0. The smallest absolute Gasteiger partial charge is 0.407 e. The van der Waals surface area contributed by atoms with Crippen molar-refractivity contribution in [1.82, 2.24) is 10.3 Å². The molecule has 1 aromatic heterocycles. The van der Waals surface area contributed by atoms with E-state index < -0.39 is 24.1 Å². The van der Waals surface area contributed by atoms with Gasteiger partial charge in [-0.2, -0.15) is 0 Å². The normalized spacial score (nSPS) is 17.9. The molecule has 0 spiro atoms. The molecule has 2 aromatic carbocycles. The highest BCUT2D eigenvalue weighted by atomic mass is 35.5. The lowest BCUT2D eigenvalue weighted by atomic mass is 9.97. The Hall–Kier alpha value is -3.23. The van der Waals surface area contributed by atoms with Crippen LogP contribution in [0.4, 0.5) is 14.9 Å². The Kier molecular flexibility index (Phi) is 7.83. The van der Waals surface area contributed by atoms with E-state index in [-0.39, 0.29) is 12.1 Å². The van der Waals surface area contributed by atoms with Crippen LogP contribution >= 0.6 is 11.6 Å². The Balaban J connectivity index is 1.61. The fourth-order valence-electron chi connectivity index (χ4n) is 4.36. The molecule has 3 aromatic rings. The number of aldehydes is 1. The molecule has 2 heterocycles. The average molecular weight is 500 g/mol. The Bertz CT molecular complexity index is 1240. The Morgan fingerprint density at radius 3 is 2.94 bits per heavy atom. The highest BCUT2D eigenvalue weighted by molar-refractivity contribution is 6.34. The molecule has 1 fully saturated rings. The van der Waals surface area contributed by atoms with Crippen molar-refractivity contribution in [3.05, 3.63) is 59.0 Å². The van der Waals surface area contributed by atoms with E-state index in [9.17, 15) is 19.1 Å². The van der Waals surface area contributed by atoms with Crippen LogP contribution in [0.5, 0.6) is 0 Å². The van der Waals surface area contributed by atoms with E-state index in [1.807, 2.05) is 17.9 Å². The number of fused-ring (bicyclic) bond motifs is 1. The topological polar surface area (TPSA) is 91.8 Å². The number of rotatable bonds is 7. The minimum atomic E-state index is -0.838. The summed E-state index contributed by atoms with van der Waals surface area (Å²) in [5.74, 6) is -0.590. The number of β-amino-alcohol motifs (C(OH)–C–C–N with tert-alkyl or cyclic N) is 1. The summed E-state index contributed by atoms with van der Waals surface area (Å²) in [6.45, 7) is 3.12. The van der Waals surface area contributed by atoms with Crippen LogP contribution in [0.3, 0.4) is 0 Å². The monoisotopic (exact) mass is 499 g/mol. The number of piperidine rings is 1. The van der Waals surface area contributed by atoms with Gasteiger partial charge in [-0.15, -0.1) is 0 Å². The van der Waals surface area contributed by atoms with Crippen molar-refractivity contribution in [1.29, 1.82) is 0 Å². The molecule has 35 heavy (non-hydrogen) atoms. The predicted octanol–water partition coefficient (Wildman–Crippen LogP) is 4.97. The number of unbranched alkanes of at least 4 members (excludes halogenated alkanes) is 1. The highest BCUT2D eigenvalue weighted by Gasteiger charge is 2.31. The molecule has 0 unspecified atom stereocenters. The van der Waals surface area contributed by atoms with Crippen LogP contribution in [-0.2, 0) is 4.74 Å². The fraction of sp³-hybridized carbons (Fsp3) is 0.346. The Labute approximate surface area is 207 Å². The lowest BCUT2D eigenvalue weighted by Crippen LogP contribution is -2.54. The summed E-state index contributed by atoms with van der Waals surface area (Å²) in [6.07, 6.45) is 2.89. The number of hydrogen-bond donors (Lipinski definition) is 2. The number of nitrogens with zero attached hydrogens (tertiary/aromatic N) is 2. The third kappa shape index (κ3) is 5.39. The number of carbonyl (C=O) groups is 2. The zero-order valence-corrected chi connectivity index (χ0v) is 20.1. The van der Waals surface area contributed by atoms with Crippen molar-refractivity contribution in [2.45, 2.75) is 38.3 Å². The zero-order valence-electron chi connectivity index (χ0n) is 19.3. The van der Waals surface area contributed by atoms with Gasteiger partial charge < -0.3 is 20.1 Å². The molecular formula is C26H27ClFN3O4.